The number of hydrogen-bond acceptors (Lipinski definition) is 5. The van der Waals surface area contributed by atoms with E-state index in [9.17, 15) is 9.59 Å². The Balaban J connectivity index is 1.57. The Bertz CT molecular complexity index is 1380. The quantitative estimate of drug-likeness (QED) is 0.334. The average Bonchev–Trinajstić information content (AvgIpc) is 3.34. The summed E-state index contributed by atoms with van der Waals surface area (Å²) in [6.45, 7) is 12.5. The molecule has 2 aliphatic heterocycles. The maximum Gasteiger partial charge on any atom is 0.254 e. The summed E-state index contributed by atoms with van der Waals surface area (Å²) in [5, 5.41) is 1.07. The van der Waals surface area contributed by atoms with Crippen LogP contribution in [0.15, 0.2) is 42.5 Å². The average molecular weight is 548 g/mol. The number of piperazine rings is 1. The van der Waals surface area contributed by atoms with Crippen molar-refractivity contribution in [1.82, 2.24) is 14.8 Å². The van der Waals surface area contributed by atoms with Crippen molar-refractivity contribution in [2.75, 3.05) is 39.5 Å². The lowest BCUT2D eigenvalue weighted by molar-refractivity contribution is -0.166. The largest absolute Gasteiger partial charge is 0.490 e. The molecule has 0 bridgehead atoms. The van der Waals surface area contributed by atoms with Crippen molar-refractivity contribution in [3.05, 3.63) is 59.3 Å². The second-order valence-electron chi connectivity index (χ2n) is 11.1. The Hall–Kier alpha value is -3.52. The number of ether oxygens (including phenoxy) is 3. The van der Waals surface area contributed by atoms with Gasteiger partial charge in [-0.1, -0.05) is 31.2 Å². The van der Waals surface area contributed by atoms with Crippen molar-refractivity contribution in [2.24, 2.45) is 0 Å². The Morgan fingerprint density at radius 2 is 1.85 bits per heavy atom. The molecule has 214 valence electrons. The first kappa shape index (κ1) is 28.0. The van der Waals surface area contributed by atoms with Gasteiger partial charge in [0.1, 0.15) is 0 Å². The van der Waals surface area contributed by atoms with E-state index in [0.717, 1.165) is 34.1 Å². The molecule has 40 heavy (non-hydrogen) atoms. The SMILES string of the molecule is CCCOc1ccc([C@H]2CN3C(=O)CN(CCCOC(C)C)C(=O)[C@]3(C)c3[nH]c4ccccc4c32)cc1OCC. The smallest absolute Gasteiger partial charge is 0.254 e. The number of carbonyl (C=O) groups is 2. The summed E-state index contributed by atoms with van der Waals surface area (Å²) in [4.78, 5) is 34.9. The molecule has 2 atom stereocenters. The molecular formula is C32H41N3O5. The lowest BCUT2D eigenvalue weighted by atomic mass is 9.76. The number of benzene rings is 2. The van der Waals surface area contributed by atoms with Gasteiger partial charge < -0.3 is 29.0 Å². The third-order valence-electron chi connectivity index (χ3n) is 7.97. The topological polar surface area (TPSA) is 84.1 Å². The summed E-state index contributed by atoms with van der Waals surface area (Å²) in [5.41, 5.74) is 2.71. The highest BCUT2D eigenvalue weighted by Crippen LogP contribution is 2.49. The first-order chi connectivity index (χ1) is 19.3. The number of para-hydroxylation sites is 1. The summed E-state index contributed by atoms with van der Waals surface area (Å²) in [6, 6.07) is 14.2. The van der Waals surface area contributed by atoms with Crippen molar-refractivity contribution < 1.29 is 23.8 Å². The molecule has 2 aromatic carbocycles. The number of hydrogen-bond donors (Lipinski definition) is 1. The van der Waals surface area contributed by atoms with Crippen molar-refractivity contribution in [3.63, 3.8) is 0 Å². The number of nitrogens with one attached hydrogen (secondary N) is 1. The van der Waals surface area contributed by atoms with E-state index in [1.165, 1.54) is 0 Å². The van der Waals surface area contributed by atoms with Gasteiger partial charge in [-0.15, -0.1) is 0 Å². The van der Waals surface area contributed by atoms with E-state index in [2.05, 4.69) is 24.0 Å². The monoisotopic (exact) mass is 547 g/mol. The van der Waals surface area contributed by atoms with E-state index in [1.807, 2.05) is 58.0 Å². The number of aromatic nitrogens is 1. The van der Waals surface area contributed by atoms with Crippen molar-refractivity contribution in [1.29, 1.82) is 0 Å². The lowest BCUT2D eigenvalue weighted by Gasteiger charge is -2.51. The van der Waals surface area contributed by atoms with E-state index in [4.69, 9.17) is 14.2 Å². The molecule has 3 aromatic rings. The second-order valence-corrected chi connectivity index (χ2v) is 11.1. The fourth-order valence-electron chi connectivity index (χ4n) is 6.07. The third kappa shape index (κ3) is 4.94. The van der Waals surface area contributed by atoms with Gasteiger partial charge in [-0.05, 0) is 69.9 Å². The van der Waals surface area contributed by atoms with Gasteiger partial charge in [0.2, 0.25) is 5.91 Å². The number of nitrogens with zero attached hydrogens (tertiary/aromatic N) is 2. The van der Waals surface area contributed by atoms with E-state index in [-0.39, 0.29) is 30.4 Å². The fourth-order valence-corrected chi connectivity index (χ4v) is 6.07. The first-order valence-corrected chi connectivity index (χ1v) is 14.5. The van der Waals surface area contributed by atoms with Crippen LogP contribution in [0.1, 0.15) is 70.2 Å². The number of carbonyl (C=O) groups excluding carboxylic acids is 2. The van der Waals surface area contributed by atoms with Crippen LogP contribution in [0.3, 0.4) is 0 Å². The van der Waals surface area contributed by atoms with Crippen LogP contribution in [0.2, 0.25) is 0 Å². The third-order valence-corrected chi connectivity index (χ3v) is 7.97. The molecule has 1 saturated heterocycles. The Morgan fingerprint density at radius 1 is 1.05 bits per heavy atom. The Morgan fingerprint density at radius 3 is 2.60 bits per heavy atom. The van der Waals surface area contributed by atoms with Crippen LogP contribution in [0.5, 0.6) is 11.5 Å². The fraction of sp³-hybridized carbons (Fsp3) is 0.500. The molecule has 0 spiro atoms. The molecule has 1 fully saturated rings. The van der Waals surface area contributed by atoms with Gasteiger partial charge in [0.25, 0.3) is 5.91 Å². The van der Waals surface area contributed by atoms with Crippen molar-refractivity contribution >= 4 is 22.7 Å². The van der Waals surface area contributed by atoms with E-state index in [0.29, 0.717) is 50.8 Å². The molecule has 3 heterocycles. The van der Waals surface area contributed by atoms with Gasteiger partial charge >= 0.3 is 0 Å². The number of aromatic amines is 1. The van der Waals surface area contributed by atoms with Crippen molar-refractivity contribution in [2.45, 2.75) is 65.0 Å². The second kappa shape index (κ2) is 11.5. The molecule has 8 heteroatoms. The standard InChI is InChI=1S/C32H41N3O5/c1-6-16-40-26-14-13-22(18-27(26)38-7-2)24-19-35-28(36)20-34(15-10-17-39-21(3)4)31(37)32(35,5)30-29(24)23-11-8-9-12-25(23)33-30/h8-9,11-14,18,21,24,33H,6-7,10,15-17,19-20H2,1-5H3/t24-,32+/m1/s1. The molecule has 1 N–H and O–H groups in total. The molecule has 0 radical (unpaired) electrons. The van der Waals surface area contributed by atoms with Gasteiger partial charge in [-0.3, -0.25) is 9.59 Å². The van der Waals surface area contributed by atoms with Crippen LogP contribution in [-0.2, 0) is 19.9 Å². The molecular weight excluding hydrogens is 506 g/mol. The highest BCUT2D eigenvalue weighted by atomic mass is 16.5. The highest BCUT2D eigenvalue weighted by molar-refractivity contribution is 6.01. The molecule has 0 unspecified atom stereocenters. The minimum absolute atomic E-state index is 0.0471. The van der Waals surface area contributed by atoms with Crippen LogP contribution >= 0.6 is 0 Å². The molecule has 5 rings (SSSR count). The predicted octanol–water partition coefficient (Wildman–Crippen LogP) is 5.20. The minimum atomic E-state index is -1.12. The van der Waals surface area contributed by atoms with Gasteiger partial charge in [0.05, 0.1) is 31.6 Å². The molecule has 2 aliphatic rings. The van der Waals surface area contributed by atoms with Crippen LogP contribution < -0.4 is 9.47 Å². The van der Waals surface area contributed by atoms with E-state index < -0.39 is 5.54 Å². The van der Waals surface area contributed by atoms with E-state index >= 15 is 0 Å². The van der Waals surface area contributed by atoms with Crippen molar-refractivity contribution in [3.8, 4) is 11.5 Å². The highest BCUT2D eigenvalue weighted by Gasteiger charge is 2.56. The molecule has 8 nitrogen and oxygen atoms in total. The maximum absolute atomic E-state index is 14.2. The number of rotatable bonds is 11. The van der Waals surface area contributed by atoms with Gasteiger partial charge in [-0.25, -0.2) is 0 Å². The van der Waals surface area contributed by atoms with E-state index in [1.54, 1.807) is 9.80 Å². The maximum atomic E-state index is 14.2. The zero-order valence-corrected chi connectivity index (χ0v) is 24.3. The minimum Gasteiger partial charge on any atom is -0.490 e. The summed E-state index contributed by atoms with van der Waals surface area (Å²) >= 11 is 0. The zero-order valence-electron chi connectivity index (χ0n) is 24.3. The summed E-state index contributed by atoms with van der Waals surface area (Å²) in [6.07, 6.45) is 1.72. The molecule has 0 saturated carbocycles. The van der Waals surface area contributed by atoms with Crippen LogP contribution in [0.4, 0.5) is 0 Å². The summed E-state index contributed by atoms with van der Waals surface area (Å²) < 4.78 is 17.6. The van der Waals surface area contributed by atoms with Gasteiger partial charge in [0.15, 0.2) is 17.0 Å². The lowest BCUT2D eigenvalue weighted by Crippen LogP contribution is -2.67. The van der Waals surface area contributed by atoms with Crippen LogP contribution in [0, 0.1) is 0 Å². The zero-order chi connectivity index (χ0) is 28.4. The molecule has 0 aliphatic carbocycles. The summed E-state index contributed by atoms with van der Waals surface area (Å²) in [5.74, 6) is 1.17. The van der Waals surface area contributed by atoms with Crippen LogP contribution in [-0.4, -0.2) is 72.2 Å². The Kier molecular flexibility index (Phi) is 8.08. The number of H-pyrrole nitrogens is 1. The Labute approximate surface area is 236 Å². The predicted molar refractivity (Wildman–Crippen MR) is 155 cm³/mol. The van der Waals surface area contributed by atoms with Gasteiger partial charge in [-0.2, -0.15) is 0 Å². The number of amides is 2. The first-order valence-electron chi connectivity index (χ1n) is 14.5. The van der Waals surface area contributed by atoms with Crippen LogP contribution in [0.25, 0.3) is 10.9 Å². The summed E-state index contributed by atoms with van der Waals surface area (Å²) in [7, 11) is 0. The number of fused-ring (bicyclic) bond motifs is 5. The normalized spacial score (nSPS) is 20.7. The molecule has 2 amide bonds. The molecule has 1 aromatic heterocycles. The van der Waals surface area contributed by atoms with Gasteiger partial charge in [0, 0.05) is 36.5 Å².